The van der Waals surface area contributed by atoms with E-state index in [1.54, 1.807) is 25.3 Å². The van der Waals surface area contributed by atoms with Gasteiger partial charge in [0.1, 0.15) is 23.6 Å². The maximum absolute atomic E-state index is 12.4. The Balaban J connectivity index is 1.76. The Labute approximate surface area is 145 Å². The second-order valence-electron chi connectivity index (χ2n) is 5.43. The molecule has 2 N–H and O–H groups in total. The van der Waals surface area contributed by atoms with Crippen molar-refractivity contribution in [2.24, 2.45) is 0 Å². The molecule has 0 aliphatic carbocycles. The molecule has 0 unspecified atom stereocenters. The molecular formula is C19H18N4O2. The third-order valence-corrected chi connectivity index (χ3v) is 3.58. The fourth-order valence-corrected chi connectivity index (χ4v) is 2.27. The van der Waals surface area contributed by atoms with Crippen molar-refractivity contribution >= 4 is 23.1 Å². The predicted molar refractivity (Wildman–Crippen MR) is 97.4 cm³/mol. The molecule has 0 saturated heterocycles. The van der Waals surface area contributed by atoms with Crippen LogP contribution in [-0.2, 0) is 0 Å². The van der Waals surface area contributed by atoms with Gasteiger partial charge >= 0.3 is 0 Å². The van der Waals surface area contributed by atoms with Crippen LogP contribution in [0.1, 0.15) is 16.1 Å². The molecule has 25 heavy (non-hydrogen) atoms. The first-order valence-corrected chi connectivity index (χ1v) is 7.76. The third kappa shape index (κ3) is 4.11. The molecule has 1 heterocycles. The lowest BCUT2D eigenvalue weighted by atomic mass is 10.2. The number of carbonyl (C=O) groups is 1. The summed E-state index contributed by atoms with van der Waals surface area (Å²) in [5.74, 6) is 0.797. The molecule has 6 heteroatoms. The third-order valence-electron chi connectivity index (χ3n) is 3.58. The smallest absolute Gasteiger partial charge is 0.274 e. The van der Waals surface area contributed by atoms with Gasteiger partial charge in [-0.1, -0.05) is 29.8 Å². The highest BCUT2D eigenvalue weighted by Gasteiger charge is 2.11. The van der Waals surface area contributed by atoms with E-state index in [-0.39, 0.29) is 11.6 Å². The first-order valence-electron chi connectivity index (χ1n) is 7.76. The maximum Gasteiger partial charge on any atom is 0.274 e. The molecule has 0 spiro atoms. The van der Waals surface area contributed by atoms with E-state index in [0.717, 1.165) is 5.69 Å². The number of aromatic nitrogens is 2. The molecule has 0 aliphatic rings. The van der Waals surface area contributed by atoms with Gasteiger partial charge in [-0.15, -0.1) is 0 Å². The summed E-state index contributed by atoms with van der Waals surface area (Å²) in [7, 11) is 1.55. The van der Waals surface area contributed by atoms with Crippen LogP contribution in [0.3, 0.4) is 0 Å². The number of ether oxygens (including phenoxy) is 1. The number of amides is 1. The Kier molecular flexibility index (Phi) is 4.89. The van der Waals surface area contributed by atoms with Crippen molar-refractivity contribution < 1.29 is 9.53 Å². The van der Waals surface area contributed by atoms with Crippen LogP contribution in [0.25, 0.3) is 0 Å². The SMILES string of the molecule is COc1ccccc1NC(=O)c1cc(Nc2ccc(C)cc2)ncn1. The summed E-state index contributed by atoms with van der Waals surface area (Å²) in [6, 6.07) is 16.7. The van der Waals surface area contributed by atoms with E-state index in [4.69, 9.17) is 4.74 Å². The Morgan fingerprint density at radius 3 is 2.56 bits per heavy atom. The number of benzene rings is 2. The number of anilines is 3. The number of rotatable bonds is 5. The summed E-state index contributed by atoms with van der Waals surface area (Å²) in [6.45, 7) is 2.02. The van der Waals surface area contributed by atoms with Crippen LogP contribution in [0, 0.1) is 6.92 Å². The number of nitrogens with zero attached hydrogens (tertiary/aromatic N) is 2. The van der Waals surface area contributed by atoms with Gasteiger partial charge in [0, 0.05) is 11.8 Å². The van der Waals surface area contributed by atoms with Crippen LogP contribution in [0.4, 0.5) is 17.2 Å². The second-order valence-corrected chi connectivity index (χ2v) is 5.43. The number of carbonyl (C=O) groups excluding carboxylic acids is 1. The minimum atomic E-state index is -0.334. The zero-order valence-electron chi connectivity index (χ0n) is 14.0. The molecule has 0 fully saturated rings. The minimum Gasteiger partial charge on any atom is -0.495 e. The monoisotopic (exact) mass is 334 g/mol. The van der Waals surface area contributed by atoms with Crippen molar-refractivity contribution in [3.63, 3.8) is 0 Å². The molecule has 1 amide bonds. The summed E-state index contributed by atoms with van der Waals surface area (Å²) < 4.78 is 5.23. The van der Waals surface area contributed by atoms with Gasteiger partial charge < -0.3 is 15.4 Å². The Morgan fingerprint density at radius 1 is 1.04 bits per heavy atom. The summed E-state index contributed by atoms with van der Waals surface area (Å²) >= 11 is 0. The van der Waals surface area contributed by atoms with Crippen molar-refractivity contribution in [3.8, 4) is 5.75 Å². The van der Waals surface area contributed by atoms with E-state index >= 15 is 0 Å². The van der Waals surface area contributed by atoms with Crippen molar-refractivity contribution in [2.75, 3.05) is 17.7 Å². The average molecular weight is 334 g/mol. The molecule has 2 aromatic carbocycles. The molecule has 1 aromatic heterocycles. The Bertz CT molecular complexity index is 879. The van der Waals surface area contributed by atoms with Crippen LogP contribution in [0.5, 0.6) is 5.75 Å². The van der Waals surface area contributed by atoms with Crippen LogP contribution in [0.2, 0.25) is 0 Å². The molecule has 0 saturated carbocycles. The first-order chi connectivity index (χ1) is 12.2. The molecule has 0 atom stereocenters. The Morgan fingerprint density at radius 2 is 1.80 bits per heavy atom. The van der Waals surface area contributed by atoms with Gasteiger partial charge in [0.25, 0.3) is 5.91 Å². The van der Waals surface area contributed by atoms with Gasteiger partial charge in [-0.2, -0.15) is 0 Å². The topological polar surface area (TPSA) is 76.1 Å². The number of para-hydroxylation sites is 2. The van der Waals surface area contributed by atoms with Gasteiger partial charge in [-0.25, -0.2) is 9.97 Å². The number of aryl methyl sites for hydroxylation is 1. The lowest BCUT2D eigenvalue weighted by Crippen LogP contribution is -2.15. The fourth-order valence-electron chi connectivity index (χ4n) is 2.27. The highest BCUT2D eigenvalue weighted by molar-refractivity contribution is 6.04. The average Bonchev–Trinajstić information content (AvgIpc) is 2.64. The zero-order valence-corrected chi connectivity index (χ0v) is 14.0. The number of hydrogen-bond acceptors (Lipinski definition) is 5. The van der Waals surface area contributed by atoms with Gasteiger partial charge in [0.2, 0.25) is 0 Å². The standard InChI is InChI=1S/C19H18N4O2/c1-13-7-9-14(10-8-13)22-18-11-16(20-12-21-18)19(24)23-15-5-3-4-6-17(15)25-2/h3-12H,1-2H3,(H,23,24)(H,20,21,22). The summed E-state index contributed by atoms with van der Waals surface area (Å²) in [4.78, 5) is 20.6. The predicted octanol–water partition coefficient (Wildman–Crippen LogP) is 3.79. The van der Waals surface area contributed by atoms with E-state index in [0.29, 0.717) is 17.3 Å². The van der Waals surface area contributed by atoms with Gasteiger partial charge in [-0.3, -0.25) is 4.79 Å². The Hall–Kier alpha value is -3.41. The molecule has 0 bridgehead atoms. The lowest BCUT2D eigenvalue weighted by Gasteiger charge is -2.10. The normalized spacial score (nSPS) is 10.2. The maximum atomic E-state index is 12.4. The zero-order chi connectivity index (χ0) is 17.6. The molecule has 0 aliphatic heterocycles. The van der Waals surface area contributed by atoms with Gasteiger partial charge in [0.15, 0.2) is 0 Å². The van der Waals surface area contributed by atoms with E-state index in [1.165, 1.54) is 11.9 Å². The van der Waals surface area contributed by atoms with Crippen LogP contribution in [0.15, 0.2) is 60.9 Å². The number of methoxy groups -OCH3 is 1. The quantitative estimate of drug-likeness (QED) is 0.742. The molecule has 3 aromatic rings. The van der Waals surface area contributed by atoms with Crippen molar-refractivity contribution in [3.05, 3.63) is 72.2 Å². The summed E-state index contributed by atoms with van der Waals surface area (Å²) in [6.07, 6.45) is 1.35. The lowest BCUT2D eigenvalue weighted by molar-refractivity contribution is 0.102. The van der Waals surface area contributed by atoms with E-state index < -0.39 is 0 Å². The largest absolute Gasteiger partial charge is 0.495 e. The highest BCUT2D eigenvalue weighted by Crippen LogP contribution is 2.23. The minimum absolute atomic E-state index is 0.260. The van der Waals surface area contributed by atoms with Crippen LogP contribution < -0.4 is 15.4 Å². The molecule has 0 radical (unpaired) electrons. The summed E-state index contributed by atoms with van der Waals surface area (Å²) in [5.41, 5.74) is 2.91. The van der Waals surface area contributed by atoms with Crippen molar-refractivity contribution in [1.29, 1.82) is 0 Å². The molecule has 6 nitrogen and oxygen atoms in total. The van der Waals surface area contributed by atoms with E-state index in [1.807, 2.05) is 43.3 Å². The highest BCUT2D eigenvalue weighted by atomic mass is 16.5. The van der Waals surface area contributed by atoms with Gasteiger partial charge in [-0.05, 0) is 31.2 Å². The van der Waals surface area contributed by atoms with Gasteiger partial charge in [0.05, 0.1) is 12.8 Å². The first kappa shape index (κ1) is 16.4. The van der Waals surface area contributed by atoms with Crippen LogP contribution >= 0.6 is 0 Å². The van der Waals surface area contributed by atoms with Crippen molar-refractivity contribution in [2.45, 2.75) is 6.92 Å². The molecule has 126 valence electrons. The summed E-state index contributed by atoms with van der Waals surface area (Å²) in [5, 5.41) is 5.95. The number of hydrogen-bond donors (Lipinski definition) is 2. The van der Waals surface area contributed by atoms with Crippen LogP contribution in [-0.4, -0.2) is 23.0 Å². The van der Waals surface area contributed by atoms with Crippen molar-refractivity contribution in [1.82, 2.24) is 9.97 Å². The number of nitrogens with one attached hydrogen (secondary N) is 2. The molecule has 3 rings (SSSR count). The van der Waals surface area contributed by atoms with E-state index in [2.05, 4.69) is 20.6 Å². The fraction of sp³-hybridized carbons (Fsp3) is 0.105. The second kappa shape index (κ2) is 7.44. The molecular weight excluding hydrogens is 316 g/mol. The van der Waals surface area contributed by atoms with E-state index in [9.17, 15) is 4.79 Å².